The van der Waals surface area contributed by atoms with E-state index in [1.807, 2.05) is 6.20 Å². The van der Waals surface area contributed by atoms with E-state index in [9.17, 15) is 0 Å². The Hall–Kier alpha value is -0.760. The highest BCUT2D eigenvalue weighted by molar-refractivity contribution is 5.06. The quantitative estimate of drug-likeness (QED) is 0.583. The summed E-state index contributed by atoms with van der Waals surface area (Å²) in [6.07, 6.45) is 7.72. The molecule has 0 aliphatic rings. The molecule has 0 saturated heterocycles. The molecule has 0 bridgehead atoms. The van der Waals surface area contributed by atoms with Gasteiger partial charge in [0.05, 0.1) is 0 Å². The number of rotatable bonds is 10. The van der Waals surface area contributed by atoms with E-state index in [0.29, 0.717) is 5.92 Å². The van der Waals surface area contributed by atoms with Gasteiger partial charge in [0.25, 0.3) is 0 Å². The van der Waals surface area contributed by atoms with Gasteiger partial charge in [0.15, 0.2) is 0 Å². The molecular formula is C15H30N2. The minimum atomic E-state index is 0.672. The molecule has 1 unspecified atom stereocenters. The molecule has 1 atom stereocenters. The molecule has 0 fully saturated rings. The molecule has 0 aromatic carbocycles. The first kappa shape index (κ1) is 16.2. The summed E-state index contributed by atoms with van der Waals surface area (Å²) in [5.74, 6) is 0.672. The van der Waals surface area contributed by atoms with Crippen LogP contribution >= 0.6 is 0 Å². The molecule has 0 amide bonds. The number of nitrogens with one attached hydrogen (secondary N) is 1. The van der Waals surface area contributed by atoms with Crippen molar-refractivity contribution in [3.63, 3.8) is 0 Å². The second kappa shape index (κ2) is 10.4. The fourth-order valence-corrected chi connectivity index (χ4v) is 1.76. The summed E-state index contributed by atoms with van der Waals surface area (Å²) in [4.78, 5) is 2.20. The van der Waals surface area contributed by atoms with Crippen LogP contribution in [0.2, 0.25) is 0 Å². The van der Waals surface area contributed by atoms with E-state index in [0.717, 1.165) is 26.1 Å². The van der Waals surface area contributed by atoms with Crippen LogP contribution in [-0.2, 0) is 0 Å². The van der Waals surface area contributed by atoms with Crippen LogP contribution in [0.25, 0.3) is 0 Å². The Morgan fingerprint density at radius 3 is 2.47 bits per heavy atom. The highest BCUT2D eigenvalue weighted by Crippen LogP contribution is 2.18. The topological polar surface area (TPSA) is 15.3 Å². The van der Waals surface area contributed by atoms with Crippen LogP contribution in [0.5, 0.6) is 0 Å². The average Bonchev–Trinajstić information content (AvgIpc) is 2.37. The lowest BCUT2D eigenvalue weighted by Gasteiger charge is -2.20. The first-order valence-electron chi connectivity index (χ1n) is 6.99. The molecule has 1 N–H and O–H groups in total. The van der Waals surface area contributed by atoms with E-state index in [4.69, 9.17) is 0 Å². The number of allylic oxidation sites excluding steroid dienone is 1. The van der Waals surface area contributed by atoms with Crippen molar-refractivity contribution < 1.29 is 0 Å². The zero-order valence-corrected chi connectivity index (χ0v) is 12.1. The molecule has 2 heteroatoms. The van der Waals surface area contributed by atoms with Crippen molar-refractivity contribution >= 4 is 0 Å². The lowest BCUT2D eigenvalue weighted by molar-refractivity contribution is 0.469. The largest absolute Gasteiger partial charge is 0.354 e. The summed E-state index contributed by atoms with van der Waals surface area (Å²) in [7, 11) is 0. The van der Waals surface area contributed by atoms with Gasteiger partial charge in [-0.1, -0.05) is 39.8 Å². The first-order valence-corrected chi connectivity index (χ1v) is 6.99. The van der Waals surface area contributed by atoms with Crippen LogP contribution in [0.4, 0.5) is 0 Å². The Morgan fingerprint density at radius 2 is 2.00 bits per heavy atom. The normalized spacial score (nSPS) is 13.5. The zero-order valence-electron chi connectivity index (χ0n) is 12.1. The SMILES string of the molecule is C=CN(C=C(CC)C(C)CC)CCNCCC. The lowest BCUT2D eigenvalue weighted by atomic mass is 9.97. The molecule has 0 saturated carbocycles. The Kier molecular flexibility index (Phi) is 9.93. The monoisotopic (exact) mass is 238 g/mol. The van der Waals surface area contributed by atoms with E-state index in [2.05, 4.69) is 50.7 Å². The standard InChI is InChI=1S/C15H30N2/c1-6-10-16-11-12-17(9-4)13-15(8-3)14(5)7-2/h9,13-14,16H,4,6-8,10-12H2,1-3,5H3. The fraction of sp³-hybridized carbons (Fsp3) is 0.733. The summed E-state index contributed by atoms with van der Waals surface area (Å²) in [6, 6.07) is 0. The maximum atomic E-state index is 3.89. The van der Waals surface area contributed by atoms with Crippen molar-refractivity contribution in [3.8, 4) is 0 Å². The minimum absolute atomic E-state index is 0.672. The highest BCUT2D eigenvalue weighted by atomic mass is 15.1. The molecular weight excluding hydrogens is 208 g/mol. The third-order valence-corrected chi connectivity index (χ3v) is 3.19. The summed E-state index contributed by atoms with van der Waals surface area (Å²) < 4.78 is 0. The van der Waals surface area contributed by atoms with Crippen molar-refractivity contribution in [1.29, 1.82) is 0 Å². The van der Waals surface area contributed by atoms with Crippen LogP contribution < -0.4 is 5.32 Å². The molecule has 0 heterocycles. The van der Waals surface area contributed by atoms with Gasteiger partial charge in [0.1, 0.15) is 0 Å². The molecule has 100 valence electrons. The third-order valence-electron chi connectivity index (χ3n) is 3.19. The maximum Gasteiger partial charge on any atom is 0.0344 e. The number of hydrogen-bond acceptors (Lipinski definition) is 2. The van der Waals surface area contributed by atoms with E-state index in [1.165, 1.54) is 18.4 Å². The van der Waals surface area contributed by atoms with Gasteiger partial charge in [-0.25, -0.2) is 0 Å². The third kappa shape index (κ3) is 7.22. The second-order valence-electron chi connectivity index (χ2n) is 4.54. The van der Waals surface area contributed by atoms with Crippen LogP contribution in [0, 0.1) is 5.92 Å². The van der Waals surface area contributed by atoms with E-state index < -0.39 is 0 Å². The molecule has 0 aliphatic carbocycles. The Labute approximate surface area is 108 Å². The van der Waals surface area contributed by atoms with Crippen molar-refractivity contribution in [2.75, 3.05) is 19.6 Å². The Morgan fingerprint density at radius 1 is 1.29 bits per heavy atom. The predicted octanol–water partition coefficient (Wildman–Crippen LogP) is 3.77. The average molecular weight is 238 g/mol. The second-order valence-corrected chi connectivity index (χ2v) is 4.54. The number of hydrogen-bond donors (Lipinski definition) is 1. The predicted molar refractivity (Wildman–Crippen MR) is 77.9 cm³/mol. The van der Waals surface area contributed by atoms with Crippen LogP contribution in [0.3, 0.4) is 0 Å². The smallest absolute Gasteiger partial charge is 0.0344 e. The molecule has 0 rings (SSSR count). The van der Waals surface area contributed by atoms with Gasteiger partial charge in [0.2, 0.25) is 0 Å². The van der Waals surface area contributed by atoms with Gasteiger partial charge in [-0.15, -0.1) is 0 Å². The van der Waals surface area contributed by atoms with Gasteiger partial charge in [-0.3, -0.25) is 0 Å². The molecule has 2 nitrogen and oxygen atoms in total. The molecule has 0 aliphatic heterocycles. The Balaban J connectivity index is 4.23. The summed E-state index contributed by atoms with van der Waals surface area (Å²) in [6.45, 7) is 16.0. The van der Waals surface area contributed by atoms with E-state index in [1.54, 1.807) is 0 Å². The van der Waals surface area contributed by atoms with Gasteiger partial charge >= 0.3 is 0 Å². The molecule has 0 radical (unpaired) electrons. The molecule has 0 spiro atoms. The van der Waals surface area contributed by atoms with Crippen LogP contribution in [-0.4, -0.2) is 24.5 Å². The summed E-state index contributed by atoms with van der Waals surface area (Å²) in [5.41, 5.74) is 1.52. The molecule has 0 aromatic heterocycles. The maximum absolute atomic E-state index is 3.89. The van der Waals surface area contributed by atoms with Crippen molar-refractivity contribution in [3.05, 3.63) is 24.6 Å². The molecule has 0 aromatic rings. The first-order chi connectivity index (χ1) is 8.19. The van der Waals surface area contributed by atoms with Crippen molar-refractivity contribution in [2.24, 2.45) is 5.92 Å². The highest BCUT2D eigenvalue weighted by Gasteiger charge is 2.05. The van der Waals surface area contributed by atoms with Crippen molar-refractivity contribution in [2.45, 2.75) is 47.0 Å². The summed E-state index contributed by atoms with van der Waals surface area (Å²) >= 11 is 0. The zero-order chi connectivity index (χ0) is 13.1. The van der Waals surface area contributed by atoms with Gasteiger partial charge < -0.3 is 10.2 Å². The Bertz CT molecular complexity index is 221. The van der Waals surface area contributed by atoms with Crippen LogP contribution in [0.15, 0.2) is 24.6 Å². The summed E-state index contributed by atoms with van der Waals surface area (Å²) in [5, 5.41) is 3.42. The van der Waals surface area contributed by atoms with Gasteiger partial charge in [-0.2, -0.15) is 0 Å². The van der Waals surface area contributed by atoms with Gasteiger partial charge in [0, 0.05) is 19.3 Å². The van der Waals surface area contributed by atoms with Crippen molar-refractivity contribution in [1.82, 2.24) is 10.2 Å². The number of nitrogens with zero attached hydrogens (tertiary/aromatic N) is 1. The van der Waals surface area contributed by atoms with Crippen LogP contribution in [0.1, 0.15) is 47.0 Å². The van der Waals surface area contributed by atoms with Gasteiger partial charge in [-0.05, 0) is 37.9 Å². The van der Waals surface area contributed by atoms with E-state index >= 15 is 0 Å². The fourth-order valence-electron chi connectivity index (χ4n) is 1.76. The minimum Gasteiger partial charge on any atom is -0.354 e. The van der Waals surface area contributed by atoms with E-state index in [-0.39, 0.29) is 0 Å². The lowest BCUT2D eigenvalue weighted by Crippen LogP contribution is -2.26. The molecule has 17 heavy (non-hydrogen) atoms.